The second-order valence-corrected chi connectivity index (χ2v) is 5.66. The fourth-order valence-corrected chi connectivity index (χ4v) is 2.75. The predicted molar refractivity (Wildman–Crippen MR) is 87.4 cm³/mol. The third-order valence-corrected chi connectivity index (χ3v) is 4.06. The van der Waals surface area contributed by atoms with Crippen molar-refractivity contribution in [2.24, 2.45) is 0 Å². The molecule has 2 aromatic rings. The molecule has 0 radical (unpaired) electrons. The molecule has 1 aromatic heterocycles. The molecule has 0 bridgehead atoms. The number of aromatic nitrogens is 2. The summed E-state index contributed by atoms with van der Waals surface area (Å²) in [6.07, 6.45) is 4.01. The minimum absolute atomic E-state index is 0.148. The summed E-state index contributed by atoms with van der Waals surface area (Å²) in [6, 6.07) is 6.11. The maximum absolute atomic E-state index is 13.7. The summed E-state index contributed by atoms with van der Waals surface area (Å²) in [5.74, 6) is -1.27. The van der Waals surface area contributed by atoms with Crippen LogP contribution >= 0.6 is 0 Å². The van der Waals surface area contributed by atoms with Gasteiger partial charge in [0.1, 0.15) is 17.2 Å². The minimum atomic E-state index is -1.30. The van der Waals surface area contributed by atoms with E-state index in [1.54, 1.807) is 24.4 Å². The third kappa shape index (κ3) is 2.80. The molecule has 1 aliphatic rings. The molecule has 1 atom stereocenters. The van der Waals surface area contributed by atoms with Gasteiger partial charge in [-0.3, -0.25) is 9.36 Å². The second-order valence-electron chi connectivity index (χ2n) is 5.66. The molecule has 1 unspecified atom stereocenters. The van der Waals surface area contributed by atoms with Gasteiger partial charge in [0.2, 0.25) is 0 Å². The van der Waals surface area contributed by atoms with Crippen molar-refractivity contribution in [1.82, 2.24) is 9.55 Å². The number of anilines is 1. The largest absolute Gasteiger partial charge is 0.477 e. The zero-order valence-corrected chi connectivity index (χ0v) is 13.0. The number of allylic oxidation sites excluding steroid dienone is 1. The van der Waals surface area contributed by atoms with Gasteiger partial charge in [-0.2, -0.15) is 0 Å². The van der Waals surface area contributed by atoms with Crippen molar-refractivity contribution in [2.75, 3.05) is 5.32 Å². The van der Waals surface area contributed by atoms with E-state index < -0.39 is 11.5 Å². The number of para-hydroxylation sites is 1. The lowest BCUT2D eigenvalue weighted by Gasteiger charge is -2.26. The van der Waals surface area contributed by atoms with Gasteiger partial charge in [0.05, 0.1) is 5.69 Å². The Balaban J connectivity index is 2.02. The van der Waals surface area contributed by atoms with Gasteiger partial charge < -0.3 is 10.4 Å². The number of benzene rings is 1. The highest BCUT2D eigenvalue weighted by Gasteiger charge is 2.25. The van der Waals surface area contributed by atoms with Crippen LogP contribution in [0.15, 0.2) is 41.5 Å². The lowest BCUT2D eigenvalue weighted by atomic mass is 10.0. The normalized spacial score (nSPS) is 18.2. The first-order chi connectivity index (χ1) is 11.5. The maximum Gasteiger partial charge on any atom is 0.342 e. The molecule has 2 N–H and O–H groups in total. The van der Waals surface area contributed by atoms with Crippen molar-refractivity contribution in [3.63, 3.8) is 0 Å². The van der Waals surface area contributed by atoms with Crippen molar-refractivity contribution < 1.29 is 14.3 Å². The molecule has 0 amide bonds. The molecule has 0 fully saturated rings. The Bertz CT molecular complexity index is 889. The fourth-order valence-electron chi connectivity index (χ4n) is 2.75. The van der Waals surface area contributed by atoms with Crippen molar-refractivity contribution in [1.29, 1.82) is 0 Å². The first kappa shape index (κ1) is 15.9. The molecule has 3 rings (SSSR count). The molecule has 124 valence electrons. The molecule has 7 heteroatoms. The van der Waals surface area contributed by atoms with Crippen LogP contribution in [-0.2, 0) is 0 Å². The smallest absolute Gasteiger partial charge is 0.342 e. The van der Waals surface area contributed by atoms with Crippen LogP contribution in [0.25, 0.3) is 5.57 Å². The summed E-state index contributed by atoms with van der Waals surface area (Å²) < 4.78 is 15.1. The van der Waals surface area contributed by atoms with E-state index in [4.69, 9.17) is 5.11 Å². The number of rotatable bonds is 3. The van der Waals surface area contributed by atoms with Gasteiger partial charge in [-0.15, -0.1) is 0 Å². The van der Waals surface area contributed by atoms with Crippen molar-refractivity contribution >= 4 is 17.2 Å². The molecular weight excluding hydrogens is 313 g/mol. The van der Waals surface area contributed by atoms with Crippen LogP contribution in [0.4, 0.5) is 10.1 Å². The van der Waals surface area contributed by atoms with E-state index in [-0.39, 0.29) is 17.4 Å². The minimum Gasteiger partial charge on any atom is -0.477 e. The highest BCUT2D eigenvalue weighted by atomic mass is 19.1. The SMILES string of the molecule is CC1CCC(=CNc2ccccc2F)c2ncc(C(=O)O)c(=O)n21. The predicted octanol–water partition coefficient (Wildman–Crippen LogP) is 2.89. The van der Waals surface area contributed by atoms with Gasteiger partial charge in [-0.1, -0.05) is 12.1 Å². The summed E-state index contributed by atoms with van der Waals surface area (Å²) in [7, 11) is 0. The Kier molecular flexibility index (Phi) is 4.16. The standard InChI is InChI=1S/C17H16FN3O3/c1-10-6-7-11(8-19-14-5-3-2-4-13(14)18)15-20-9-12(17(23)24)16(22)21(10)15/h2-5,8-10,19H,6-7H2,1H3,(H,23,24). The van der Waals surface area contributed by atoms with Crippen molar-refractivity contribution in [2.45, 2.75) is 25.8 Å². The Morgan fingerprint density at radius 1 is 1.46 bits per heavy atom. The molecule has 0 saturated carbocycles. The van der Waals surface area contributed by atoms with Crippen LogP contribution in [0.1, 0.15) is 42.0 Å². The van der Waals surface area contributed by atoms with Crippen LogP contribution in [0.5, 0.6) is 0 Å². The molecule has 0 saturated heterocycles. The highest BCUT2D eigenvalue weighted by molar-refractivity contribution is 5.87. The van der Waals surface area contributed by atoms with E-state index in [1.807, 2.05) is 6.92 Å². The number of hydrogen-bond acceptors (Lipinski definition) is 4. The van der Waals surface area contributed by atoms with Crippen LogP contribution in [0.3, 0.4) is 0 Å². The summed E-state index contributed by atoms with van der Waals surface area (Å²) in [4.78, 5) is 27.6. The van der Waals surface area contributed by atoms with Crippen molar-refractivity contribution in [3.05, 3.63) is 64.2 Å². The highest BCUT2D eigenvalue weighted by Crippen LogP contribution is 2.30. The number of carboxylic acids is 1. The number of fused-ring (bicyclic) bond motifs is 1. The molecular formula is C17H16FN3O3. The van der Waals surface area contributed by atoms with E-state index in [0.717, 1.165) is 11.8 Å². The van der Waals surface area contributed by atoms with E-state index >= 15 is 0 Å². The molecule has 0 spiro atoms. The average Bonchev–Trinajstić information content (AvgIpc) is 2.55. The Hall–Kier alpha value is -2.96. The monoisotopic (exact) mass is 329 g/mol. The van der Waals surface area contributed by atoms with E-state index in [0.29, 0.717) is 24.4 Å². The van der Waals surface area contributed by atoms with Gasteiger partial charge in [0.15, 0.2) is 0 Å². The number of nitrogens with one attached hydrogen (secondary N) is 1. The number of carboxylic acid groups (broad SMARTS) is 1. The lowest BCUT2D eigenvalue weighted by molar-refractivity contribution is 0.0693. The Labute approximate surface area is 137 Å². The number of aromatic carboxylic acids is 1. The third-order valence-electron chi connectivity index (χ3n) is 4.06. The van der Waals surface area contributed by atoms with Crippen LogP contribution in [-0.4, -0.2) is 20.6 Å². The zero-order chi connectivity index (χ0) is 17.3. The summed E-state index contributed by atoms with van der Waals surface area (Å²) >= 11 is 0. The first-order valence-electron chi connectivity index (χ1n) is 7.54. The second kappa shape index (κ2) is 6.27. The van der Waals surface area contributed by atoms with E-state index in [1.165, 1.54) is 10.6 Å². The van der Waals surface area contributed by atoms with Gasteiger partial charge in [0, 0.05) is 24.0 Å². The summed E-state index contributed by atoms with van der Waals surface area (Å²) in [5.41, 5.74) is 0.121. The topological polar surface area (TPSA) is 84.2 Å². The first-order valence-corrected chi connectivity index (χ1v) is 7.54. The molecule has 1 aromatic carbocycles. The van der Waals surface area contributed by atoms with E-state index in [2.05, 4.69) is 10.3 Å². The number of nitrogens with zero attached hydrogens (tertiary/aromatic N) is 2. The number of carbonyl (C=O) groups is 1. The van der Waals surface area contributed by atoms with Gasteiger partial charge >= 0.3 is 5.97 Å². The maximum atomic E-state index is 13.7. The summed E-state index contributed by atoms with van der Waals surface area (Å²) in [6.45, 7) is 1.85. The number of hydrogen-bond donors (Lipinski definition) is 2. The van der Waals surface area contributed by atoms with Gasteiger partial charge in [-0.05, 0) is 31.9 Å². The molecule has 24 heavy (non-hydrogen) atoms. The Morgan fingerprint density at radius 3 is 2.92 bits per heavy atom. The molecule has 1 aliphatic heterocycles. The van der Waals surface area contributed by atoms with Gasteiger partial charge in [0.25, 0.3) is 5.56 Å². The molecule has 0 aliphatic carbocycles. The fraction of sp³-hybridized carbons (Fsp3) is 0.235. The summed E-state index contributed by atoms with van der Waals surface area (Å²) in [5, 5.41) is 12.0. The van der Waals surface area contributed by atoms with E-state index in [9.17, 15) is 14.0 Å². The quantitative estimate of drug-likeness (QED) is 0.904. The van der Waals surface area contributed by atoms with Crippen LogP contribution in [0.2, 0.25) is 0 Å². The zero-order valence-electron chi connectivity index (χ0n) is 13.0. The number of halogens is 1. The van der Waals surface area contributed by atoms with Crippen LogP contribution in [0, 0.1) is 5.82 Å². The molecule has 2 heterocycles. The Morgan fingerprint density at radius 2 is 2.21 bits per heavy atom. The van der Waals surface area contributed by atoms with Crippen molar-refractivity contribution in [3.8, 4) is 0 Å². The lowest BCUT2D eigenvalue weighted by Crippen LogP contribution is -2.34. The average molecular weight is 329 g/mol. The molecule has 6 nitrogen and oxygen atoms in total. The van der Waals surface area contributed by atoms with Crippen LogP contribution < -0.4 is 10.9 Å². The van der Waals surface area contributed by atoms with Gasteiger partial charge in [-0.25, -0.2) is 14.2 Å².